The van der Waals surface area contributed by atoms with Crippen molar-refractivity contribution in [3.8, 4) is 0 Å². The van der Waals surface area contributed by atoms with Crippen LogP contribution in [0, 0.1) is 11.8 Å². The summed E-state index contributed by atoms with van der Waals surface area (Å²) >= 11 is 0. The fraction of sp³-hybridized carbons (Fsp3) is 0.769. The molecule has 0 spiro atoms. The van der Waals surface area contributed by atoms with E-state index in [4.69, 9.17) is 5.73 Å². The first-order valence-corrected chi connectivity index (χ1v) is 6.66. The molecule has 0 aliphatic carbocycles. The van der Waals surface area contributed by atoms with Crippen molar-refractivity contribution >= 4 is 5.82 Å². The number of anilines is 1. The highest BCUT2D eigenvalue weighted by Crippen LogP contribution is 2.23. The Morgan fingerprint density at radius 1 is 1.47 bits per heavy atom. The third-order valence-corrected chi connectivity index (χ3v) is 3.77. The highest BCUT2D eigenvalue weighted by atomic mass is 15.3. The molecule has 1 aromatic rings. The molecule has 1 atom stereocenters. The van der Waals surface area contributed by atoms with Crippen LogP contribution in [0.5, 0.6) is 0 Å². The van der Waals surface area contributed by atoms with Crippen molar-refractivity contribution in [2.45, 2.75) is 33.2 Å². The van der Waals surface area contributed by atoms with Crippen LogP contribution in [-0.4, -0.2) is 34.3 Å². The van der Waals surface area contributed by atoms with E-state index in [1.54, 1.807) is 0 Å². The van der Waals surface area contributed by atoms with Crippen LogP contribution in [0.25, 0.3) is 0 Å². The van der Waals surface area contributed by atoms with Gasteiger partial charge in [0.05, 0.1) is 0 Å². The molecule has 4 heteroatoms. The summed E-state index contributed by atoms with van der Waals surface area (Å²) in [5.41, 5.74) is 5.58. The molecule has 0 aromatic carbocycles. The summed E-state index contributed by atoms with van der Waals surface area (Å²) in [7, 11) is 0. The lowest BCUT2D eigenvalue weighted by Gasteiger charge is -2.17. The molecule has 0 saturated carbocycles. The number of hydrogen-bond acceptors (Lipinski definition) is 3. The van der Waals surface area contributed by atoms with Crippen molar-refractivity contribution < 1.29 is 0 Å². The standard InChI is InChI=1S/C13H24N4/c1-11(2)12-4-8-16(10-12)6-3-7-17-9-5-13(14)15-17/h5,9,11-12H,3-4,6-8,10H2,1-2H3,(H2,14,15). The van der Waals surface area contributed by atoms with Crippen molar-refractivity contribution in [1.29, 1.82) is 0 Å². The van der Waals surface area contributed by atoms with Crippen LogP contribution < -0.4 is 5.73 Å². The number of likely N-dealkylation sites (tertiary alicyclic amines) is 1. The predicted octanol–water partition coefficient (Wildman–Crippen LogP) is 1.83. The van der Waals surface area contributed by atoms with E-state index in [1.165, 1.54) is 26.1 Å². The number of aromatic nitrogens is 2. The maximum Gasteiger partial charge on any atom is 0.145 e. The topological polar surface area (TPSA) is 47.1 Å². The van der Waals surface area contributed by atoms with Gasteiger partial charge in [0.1, 0.15) is 5.82 Å². The smallest absolute Gasteiger partial charge is 0.145 e. The van der Waals surface area contributed by atoms with Crippen LogP contribution in [0.4, 0.5) is 5.82 Å². The van der Waals surface area contributed by atoms with E-state index in [2.05, 4.69) is 23.8 Å². The SMILES string of the molecule is CC(C)C1CCN(CCCn2ccc(N)n2)C1. The zero-order valence-electron chi connectivity index (χ0n) is 11.0. The molecule has 2 N–H and O–H groups in total. The van der Waals surface area contributed by atoms with Gasteiger partial charge >= 0.3 is 0 Å². The number of rotatable bonds is 5. The van der Waals surface area contributed by atoms with Gasteiger partial charge in [0.15, 0.2) is 0 Å². The monoisotopic (exact) mass is 236 g/mol. The molecule has 96 valence electrons. The Labute approximate surface area is 104 Å². The average molecular weight is 236 g/mol. The second kappa shape index (κ2) is 5.54. The van der Waals surface area contributed by atoms with Gasteiger partial charge in [-0.15, -0.1) is 0 Å². The van der Waals surface area contributed by atoms with Gasteiger partial charge in [-0.25, -0.2) is 0 Å². The second-order valence-corrected chi connectivity index (χ2v) is 5.45. The molecule has 1 saturated heterocycles. The number of aryl methyl sites for hydroxylation is 1. The molecular weight excluding hydrogens is 212 g/mol. The van der Waals surface area contributed by atoms with Gasteiger partial charge in [-0.05, 0) is 43.8 Å². The fourth-order valence-corrected chi connectivity index (χ4v) is 2.57. The van der Waals surface area contributed by atoms with Crippen molar-refractivity contribution in [2.75, 3.05) is 25.4 Å². The first-order chi connectivity index (χ1) is 8.15. The minimum absolute atomic E-state index is 0.617. The number of nitrogens with zero attached hydrogens (tertiary/aromatic N) is 3. The third-order valence-electron chi connectivity index (χ3n) is 3.77. The molecule has 0 radical (unpaired) electrons. The van der Waals surface area contributed by atoms with Crippen LogP contribution in [0.1, 0.15) is 26.7 Å². The third kappa shape index (κ3) is 3.46. The molecule has 2 rings (SSSR count). The molecule has 4 nitrogen and oxygen atoms in total. The van der Waals surface area contributed by atoms with Gasteiger partial charge in [-0.1, -0.05) is 13.8 Å². The van der Waals surface area contributed by atoms with Crippen LogP contribution in [0.2, 0.25) is 0 Å². The molecular formula is C13H24N4. The van der Waals surface area contributed by atoms with Crippen LogP contribution in [0.15, 0.2) is 12.3 Å². The first kappa shape index (κ1) is 12.4. The van der Waals surface area contributed by atoms with Crippen molar-refractivity contribution in [3.63, 3.8) is 0 Å². The minimum atomic E-state index is 0.617. The maximum absolute atomic E-state index is 5.58. The summed E-state index contributed by atoms with van der Waals surface area (Å²) in [4.78, 5) is 2.58. The zero-order valence-corrected chi connectivity index (χ0v) is 11.0. The van der Waals surface area contributed by atoms with E-state index in [1.807, 2.05) is 16.9 Å². The lowest BCUT2D eigenvalue weighted by Crippen LogP contribution is -2.24. The van der Waals surface area contributed by atoms with Gasteiger partial charge in [0.25, 0.3) is 0 Å². The Balaban J connectivity index is 1.66. The quantitative estimate of drug-likeness (QED) is 0.848. The van der Waals surface area contributed by atoms with Crippen molar-refractivity contribution in [2.24, 2.45) is 11.8 Å². The summed E-state index contributed by atoms with van der Waals surface area (Å²) in [6.07, 6.45) is 4.48. The highest BCUT2D eigenvalue weighted by molar-refractivity contribution is 5.23. The van der Waals surface area contributed by atoms with Gasteiger partial charge in [-0.2, -0.15) is 5.10 Å². The summed E-state index contributed by atoms with van der Waals surface area (Å²) in [5.74, 6) is 2.34. The van der Waals surface area contributed by atoms with Crippen LogP contribution >= 0.6 is 0 Å². The number of hydrogen-bond donors (Lipinski definition) is 1. The summed E-state index contributed by atoms with van der Waals surface area (Å²) in [6.45, 7) is 9.37. The van der Waals surface area contributed by atoms with Crippen LogP contribution in [-0.2, 0) is 6.54 Å². The van der Waals surface area contributed by atoms with Crippen molar-refractivity contribution in [3.05, 3.63) is 12.3 Å². The van der Waals surface area contributed by atoms with E-state index < -0.39 is 0 Å². The Morgan fingerprint density at radius 3 is 2.88 bits per heavy atom. The first-order valence-electron chi connectivity index (χ1n) is 6.66. The second-order valence-electron chi connectivity index (χ2n) is 5.45. The van der Waals surface area contributed by atoms with E-state index in [-0.39, 0.29) is 0 Å². The molecule has 17 heavy (non-hydrogen) atoms. The van der Waals surface area contributed by atoms with E-state index >= 15 is 0 Å². The molecule has 0 bridgehead atoms. The van der Waals surface area contributed by atoms with Gasteiger partial charge < -0.3 is 10.6 Å². The van der Waals surface area contributed by atoms with E-state index in [0.717, 1.165) is 24.8 Å². The maximum atomic E-state index is 5.58. The van der Waals surface area contributed by atoms with E-state index in [0.29, 0.717) is 5.82 Å². The lowest BCUT2D eigenvalue weighted by molar-refractivity contribution is 0.292. The normalized spacial score (nSPS) is 21.5. The predicted molar refractivity (Wildman–Crippen MR) is 70.6 cm³/mol. The van der Waals surface area contributed by atoms with E-state index in [9.17, 15) is 0 Å². The molecule has 1 aliphatic rings. The highest BCUT2D eigenvalue weighted by Gasteiger charge is 2.23. The zero-order chi connectivity index (χ0) is 12.3. The minimum Gasteiger partial charge on any atom is -0.382 e. The Hall–Kier alpha value is -1.03. The molecule has 1 unspecified atom stereocenters. The number of nitrogens with two attached hydrogens (primary N) is 1. The summed E-state index contributed by atoms with van der Waals surface area (Å²) in [5, 5.41) is 4.19. The Kier molecular flexibility index (Phi) is 4.05. The average Bonchev–Trinajstić information content (AvgIpc) is 2.88. The van der Waals surface area contributed by atoms with Gasteiger partial charge in [-0.3, -0.25) is 4.68 Å². The van der Waals surface area contributed by atoms with Crippen molar-refractivity contribution in [1.82, 2.24) is 14.7 Å². The Bertz CT molecular complexity index is 345. The molecule has 1 fully saturated rings. The molecule has 1 aromatic heterocycles. The molecule has 2 heterocycles. The largest absolute Gasteiger partial charge is 0.382 e. The number of nitrogen functional groups attached to an aromatic ring is 1. The molecule has 1 aliphatic heterocycles. The summed E-state index contributed by atoms with van der Waals surface area (Å²) < 4.78 is 1.94. The summed E-state index contributed by atoms with van der Waals surface area (Å²) in [6, 6.07) is 1.85. The van der Waals surface area contributed by atoms with Gasteiger partial charge in [0, 0.05) is 19.3 Å². The fourth-order valence-electron chi connectivity index (χ4n) is 2.57. The lowest BCUT2D eigenvalue weighted by atomic mass is 9.95. The molecule has 0 amide bonds. The van der Waals surface area contributed by atoms with Crippen LogP contribution in [0.3, 0.4) is 0 Å². The van der Waals surface area contributed by atoms with Gasteiger partial charge in [0.2, 0.25) is 0 Å². The Morgan fingerprint density at radius 2 is 2.29 bits per heavy atom.